The predicted molar refractivity (Wildman–Crippen MR) is 71.7 cm³/mol. The van der Waals surface area contributed by atoms with Crippen LogP contribution in [0.1, 0.15) is 38.5 Å². The Morgan fingerprint density at radius 2 is 1.88 bits per heavy atom. The lowest BCUT2D eigenvalue weighted by atomic mass is 10.0. The number of nitrogens with one attached hydrogen (secondary N) is 1. The summed E-state index contributed by atoms with van der Waals surface area (Å²) >= 11 is 0. The van der Waals surface area contributed by atoms with Crippen LogP contribution >= 0.6 is 0 Å². The van der Waals surface area contributed by atoms with E-state index in [9.17, 15) is 4.21 Å². The molecule has 0 bridgehead atoms. The van der Waals surface area contributed by atoms with Gasteiger partial charge in [0, 0.05) is 41.1 Å². The molecule has 1 saturated heterocycles. The van der Waals surface area contributed by atoms with E-state index in [4.69, 9.17) is 4.74 Å². The van der Waals surface area contributed by atoms with Gasteiger partial charge in [-0.25, -0.2) is 0 Å². The number of rotatable bonds is 5. The van der Waals surface area contributed by atoms with Crippen LogP contribution in [-0.2, 0) is 15.5 Å². The van der Waals surface area contributed by atoms with Crippen molar-refractivity contribution in [2.45, 2.75) is 49.8 Å². The highest BCUT2D eigenvalue weighted by molar-refractivity contribution is 7.85. The van der Waals surface area contributed by atoms with Crippen molar-refractivity contribution < 1.29 is 8.95 Å². The van der Waals surface area contributed by atoms with Crippen LogP contribution < -0.4 is 5.32 Å². The van der Waals surface area contributed by atoms with Crippen LogP contribution in [0, 0.1) is 5.92 Å². The summed E-state index contributed by atoms with van der Waals surface area (Å²) in [6.45, 7) is 1.59. The van der Waals surface area contributed by atoms with Crippen LogP contribution in [0.15, 0.2) is 0 Å². The first-order valence-electron chi connectivity index (χ1n) is 6.93. The van der Waals surface area contributed by atoms with Crippen molar-refractivity contribution in [2.24, 2.45) is 5.92 Å². The second-order valence-electron chi connectivity index (χ2n) is 5.30. The Kier molecular flexibility index (Phi) is 5.45. The lowest BCUT2D eigenvalue weighted by Gasteiger charge is -2.27. The molecule has 2 atom stereocenters. The molecule has 1 N–H and O–H groups in total. The first-order chi connectivity index (χ1) is 8.31. The average molecular weight is 259 g/mol. The highest BCUT2D eigenvalue weighted by atomic mass is 32.2. The SMILES string of the molecule is CNC(CS(=O)C1CCOCC1)C1CCCC1. The fraction of sp³-hybridized carbons (Fsp3) is 1.00. The van der Waals surface area contributed by atoms with Crippen LogP contribution in [-0.4, -0.2) is 41.5 Å². The zero-order chi connectivity index (χ0) is 12.1. The molecule has 1 saturated carbocycles. The summed E-state index contributed by atoms with van der Waals surface area (Å²) < 4.78 is 17.7. The Morgan fingerprint density at radius 3 is 2.47 bits per heavy atom. The predicted octanol–water partition coefficient (Wildman–Crippen LogP) is 1.69. The average Bonchev–Trinajstić information content (AvgIpc) is 2.90. The van der Waals surface area contributed by atoms with E-state index in [2.05, 4.69) is 5.32 Å². The molecule has 0 aromatic carbocycles. The maximum Gasteiger partial charge on any atom is 0.0477 e. The molecule has 3 nitrogen and oxygen atoms in total. The van der Waals surface area contributed by atoms with Crippen molar-refractivity contribution in [1.29, 1.82) is 0 Å². The summed E-state index contributed by atoms with van der Waals surface area (Å²) in [5.74, 6) is 1.59. The second-order valence-corrected chi connectivity index (χ2v) is 7.06. The first-order valence-corrected chi connectivity index (χ1v) is 8.31. The van der Waals surface area contributed by atoms with E-state index >= 15 is 0 Å². The van der Waals surface area contributed by atoms with Gasteiger partial charge in [-0.1, -0.05) is 12.8 Å². The van der Waals surface area contributed by atoms with Crippen molar-refractivity contribution in [3.8, 4) is 0 Å². The second kappa shape index (κ2) is 6.86. The van der Waals surface area contributed by atoms with Crippen molar-refractivity contribution in [1.82, 2.24) is 5.32 Å². The van der Waals surface area contributed by atoms with Gasteiger partial charge in [-0.2, -0.15) is 0 Å². The topological polar surface area (TPSA) is 38.3 Å². The minimum atomic E-state index is -0.675. The van der Waals surface area contributed by atoms with E-state index in [0.717, 1.165) is 37.7 Å². The fourth-order valence-electron chi connectivity index (χ4n) is 3.07. The molecule has 17 heavy (non-hydrogen) atoms. The molecule has 0 aromatic heterocycles. The minimum absolute atomic E-state index is 0.376. The number of hydrogen-bond acceptors (Lipinski definition) is 3. The van der Waals surface area contributed by atoms with Gasteiger partial charge < -0.3 is 10.1 Å². The molecule has 100 valence electrons. The molecule has 1 aliphatic carbocycles. The van der Waals surface area contributed by atoms with E-state index in [0.29, 0.717) is 11.3 Å². The molecule has 0 spiro atoms. The zero-order valence-electron chi connectivity index (χ0n) is 10.8. The molecule has 0 radical (unpaired) electrons. The van der Waals surface area contributed by atoms with Crippen molar-refractivity contribution in [3.63, 3.8) is 0 Å². The van der Waals surface area contributed by atoms with Gasteiger partial charge >= 0.3 is 0 Å². The van der Waals surface area contributed by atoms with Crippen LogP contribution in [0.2, 0.25) is 0 Å². The first kappa shape index (κ1) is 13.5. The highest BCUT2D eigenvalue weighted by Crippen LogP contribution is 2.28. The Hall–Kier alpha value is 0.0700. The molecule has 1 heterocycles. The lowest BCUT2D eigenvalue weighted by molar-refractivity contribution is 0.0991. The van der Waals surface area contributed by atoms with Gasteiger partial charge in [0.2, 0.25) is 0 Å². The van der Waals surface area contributed by atoms with Crippen LogP contribution in [0.3, 0.4) is 0 Å². The quantitative estimate of drug-likeness (QED) is 0.816. The van der Waals surface area contributed by atoms with Crippen LogP contribution in [0.25, 0.3) is 0 Å². The molecule has 1 aliphatic heterocycles. The summed E-state index contributed by atoms with van der Waals surface area (Å²) in [6, 6.07) is 0.459. The molecule has 2 rings (SSSR count). The smallest absolute Gasteiger partial charge is 0.0477 e. The van der Waals surface area contributed by atoms with Gasteiger partial charge in [0.05, 0.1) is 0 Å². The third-order valence-corrected chi connectivity index (χ3v) is 6.13. The maximum atomic E-state index is 12.3. The molecular formula is C13H25NO2S. The van der Waals surface area contributed by atoms with Crippen molar-refractivity contribution >= 4 is 10.8 Å². The highest BCUT2D eigenvalue weighted by Gasteiger charge is 2.28. The Morgan fingerprint density at radius 1 is 1.24 bits per heavy atom. The molecule has 4 heteroatoms. The van der Waals surface area contributed by atoms with E-state index in [1.54, 1.807) is 0 Å². The van der Waals surface area contributed by atoms with Crippen molar-refractivity contribution in [3.05, 3.63) is 0 Å². The maximum absolute atomic E-state index is 12.3. The summed E-state index contributed by atoms with van der Waals surface area (Å²) in [5.41, 5.74) is 0. The Balaban J connectivity index is 1.82. The van der Waals surface area contributed by atoms with Crippen LogP contribution in [0.4, 0.5) is 0 Å². The standard InChI is InChI=1S/C13H25NO2S/c1-14-13(11-4-2-3-5-11)10-17(15)12-6-8-16-9-7-12/h11-14H,2-10H2,1H3. The van der Waals surface area contributed by atoms with Gasteiger partial charge in [0.15, 0.2) is 0 Å². The minimum Gasteiger partial charge on any atom is -0.381 e. The largest absolute Gasteiger partial charge is 0.381 e. The molecule has 0 aromatic rings. The van der Waals surface area contributed by atoms with Crippen LogP contribution in [0.5, 0.6) is 0 Å². The molecule has 2 aliphatic rings. The summed E-state index contributed by atoms with van der Waals surface area (Å²) in [6.07, 6.45) is 7.30. The van der Waals surface area contributed by atoms with Gasteiger partial charge in [-0.15, -0.1) is 0 Å². The molecule has 2 unspecified atom stereocenters. The number of hydrogen-bond donors (Lipinski definition) is 1. The van der Waals surface area contributed by atoms with Crippen molar-refractivity contribution in [2.75, 3.05) is 26.0 Å². The molecular weight excluding hydrogens is 234 g/mol. The molecule has 0 amide bonds. The fourth-order valence-corrected chi connectivity index (χ4v) is 4.85. The van der Waals surface area contributed by atoms with Gasteiger partial charge in [0.25, 0.3) is 0 Å². The Labute approximate surface area is 107 Å². The monoisotopic (exact) mass is 259 g/mol. The van der Waals surface area contributed by atoms with Gasteiger partial charge in [-0.05, 0) is 38.6 Å². The number of ether oxygens (including phenoxy) is 1. The molecule has 2 fully saturated rings. The van der Waals surface area contributed by atoms with E-state index in [1.165, 1.54) is 25.7 Å². The van der Waals surface area contributed by atoms with Gasteiger partial charge in [-0.3, -0.25) is 4.21 Å². The van der Waals surface area contributed by atoms with Gasteiger partial charge in [0.1, 0.15) is 0 Å². The van der Waals surface area contributed by atoms with E-state index in [1.807, 2.05) is 7.05 Å². The third kappa shape index (κ3) is 3.76. The Bertz CT molecular complexity index is 248. The lowest BCUT2D eigenvalue weighted by Crippen LogP contribution is -2.40. The van der Waals surface area contributed by atoms with E-state index < -0.39 is 10.8 Å². The summed E-state index contributed by atoms with van der Waals surface area (Å²) in [4.78, 5) is 0. The summed E-state index contributed by atoms with van der Waals surface area (Å²) in [5, 5.41) is 3.77. The normalized spacial score (nSPS) is 27.1. The summed E-state index contributed by atoms with van der Waals surface area (Å²) in [7, 11) is 1.34. The zero-order valence-corrected chi connectivity index (χ0v) is 11.6. The van der Waals surface area contributed by atoms with E-state index in [-0.39, 0.29) is 0 Å². The third-order valence-electron chi connectivity index (χ3n) is 4.22.